The van der Waals surface area contributed by atoms with Crippen LogP contribution in [0.5, 0.6) is 0 Å². The summed E-state index contributed by atoms with van der Waals surface area (Å²) in [6, 6.07) is 6.47. The van der Waals surface area contributed by atoms with Crippen LogP contribution in [-0.2, 0) is 4.74 Å². The van der Waals surface area contributed by atoms with E-state index in [9.17, 15) is 0 Å². The number of nitrogens with one attached hydrogen (secondary N) is 1. The molecule has 4 heterocycles. The van der Waals surface area contributed by atoms with Crippen LogP contribution >= 0.6 is 0 Å². The van der Waals surface area contributed by atoms with Gasteiger partial charge in [0.2, 0.25) is 5.95 Å². The summed E-state index contributed by atoms with van der Waals surface area (Å²) in [5.41, 5.74) is 0. The molecule has 2 saturated heterocycles. The first-order valence-corrected chi connectivity index (χ1v) is 8.37. The molecule has 0 aliphatic carbocycles. The maximum absolute atomic E-state index is 5.59. The van der Waals surface area contributed by atoms with Crippen LogP contribution in [0, 0.1) is 0 Å². The van der Waals surface area contributed by atoms with Crippen molar-refractivity contribution in [2.45, 2.75) is 37.8 Å². The molecular weight excluding hydrogens is 292 g/mol. The number of hydrogen-bond donors (Lipinski definition) is 1. The van der Waals surface area contributed by atoms with Gasteiger partial charge < -0.3 is 19.4 Å². The van der Waals surface area contributed by atoms with E-state index in [1.165, 1.54) is 0 Å². The van der Waals surface area contributed by atoms with E-state index in [0.29, 0.717) is 6.04 Å². The number of hydrogen-bond acceptors (Lipinski definition) is 6. The van der Waals surface area contributed by atoms with Crippen LogP contribution in [0.2, 0.25) is 0 Å². The average molecular weight is 314 g/mol. The van der Waals surface area contributed by atoms with Crippen LogP contribution in [-0.4, -0.2) is 35.8 Å². The molecule has 2 aromatic heterocycles. The Bertz CT molecular complexity index is 625. The highest BCUT2D eigenvalue weighted by Gasteiger charge is 2.30. The molecule has 122 valence electrons. The fourth-order valence-electron chi connectivity index (χ4n) is 3.41. The fraction of sp³-hybridized carbons (Fsp3) is 0.529. The zero-order valence-corrected chi connectivity index (χ0v) is 13.1. The van der Waals surface area contributed by atoms with Crippen molar-refractivity contribution in [3.05, 3.63) is 36.4 Å². The first-order valence-electron chi connectivity index (χ1n) is 8.37. The molecule has 0 amide bonds. The SMILES string of the molecule is c1coc([C@@H]2CCCN2c2nccc(N[C@@H]3CCCOC3)n2)c1. The van der Waals surface area contributed by atoms with Crippen molar-refractivity contribution < 1.29 is 9.15 Å². The van der Waals surface area contributed by atoms with Crippen molar-refractivity contribution in [3.63, 3.8) is 0 Å². The Hall–Kier alpha value is -2.08. The zero-order chi connectivity index (χ0) is 15.5. The van der Waals surface area contributed by atoms with Crippen LogP contribution < -0.4 is 10.2 Å². The topological polar surface area (TPSA) is 63.4 Å². The fourth-order valence-corrected chi connectivity index (χ4v) is 3.41. The Morgan fingerprint density at radius 3 is 3.04 bits per heavy atom. The third kappa shape index (κ3) is 3.17. The normalized spacial score (nSPS) is 24.8. The van der Waals surface area contributed by atoms with Gasteiger partial charge in [0.05, 0.1) is 25.0 Å². The van der Waals surface area contributed by atoms with Gasteiger partial charge in [-0.05, 0) is 43.9 Å². The van der Waals surface area contributed by atoms with Crippen LogP contribution in [0.4, 0.5) is 11.8 Å². The summed E-state index contributed by atoms with van der Waals surface area (Å²) < 4.78 is 11.1. The number of aromatic nitrogens is 2. The molecule has 2 aliphatic heterocycles. The predicted molar refractivity (Wildman–Crippen MR) is 87.5 cm³/mol. The smallest absolute Gasteiger partial charge is 0.227 e. The molecule has 0 aromatic carbocycles. The number of furan rings is 1. The van der Waals surface area contributed by atoms with Crippen LogP contribution in [0.3, 0.4) is 0 Å². The van der Waals surface area contributed by atoms with Crippen molar-refractivity contribution >= 4 is 11.8 Å². The lowest BCUT2D eigenvalue weighted by molar-refractivity contribution is 0.0875. The van der Waals surface area contributed by atoms with Crippen LogP contribution in [0.1, 0.15) is 37.5 Å². The summed E-state index contributed by atoms with van der Waals surface area (Å²) in [4.78, 5) is 11.4. The highest BCUT2D eigenvalue weighted by molar-refractivity contribution is 5.44. The average Bonchev–Trinajstić information content (AvgIpc) is 3.27. The monoisotopic (exact) mass is 314 g/mol. The van der Waals surface area contributed by atoms with Crippen LogP contribution in [0.25, 0.3) is 0 Å². The summed E-state index contributed by atoms with van der Waals surface area (Å²) >= 11 is 0. The highest BCUT2D eigenvalue weighted by atomic mass is 16.5. The van der Waals surface area contributed by atoms with E-state index in [0.717, 1.165) is 63.0 Å². The third-order valence-electron chi connectivity index (χ3n) is 4.54. The molecule has 2 atom stereocenters. The second-order valence-corrected chi connectivity index (χ2v) is 6.17. The molecule has 1 N–H and O–H groups in total. The van der Waals surface area contributed by atoms with Crippen molar-refractivity contribution in [1.29, 1.82) is 0 Å². The third-order valence-corrected chi connectivity index (χ3v) is 4.54. The van der Waals surface area contributed by atoms with Crippen molar-refractivity contribution in [2.24, 2.45) is 0 Å². The van der Waals surface area contributed by atoms with Gasteiger partial charge in [0.15, 0.2) is 0 Å². The van der Waals surface area contributed by atoms with E-state index in [-0.39, 0.29) is 6.04 Å². The molecule has 2 fully saturated rings. The van der Waals surface area contributed by atoms with Gasteiger partial charge in [0, 0.05) is 19.3 Å². The molecule has 6 nitrogen and oxygen atoms in total. The van der Waals surface area contributed by atoms with Gasteiger partial charge in [-0.1, -0.05) is 0 Å². The number of ether oxygens (including phenoxy) is 1. The first-order chi connectivity index (χ1) is 11.4. The Labute approximate surface area is 135 Å². The molecule has 6 heteroatoms. The standard InChI is InChI=1S/C17H22N4O2/c1-5-14(15-6-3-11-23-15)21(9-1)17-18-8-7-16(20-17)19-13-4-2-10-22-12-13/h3,6-8,11,13-14H,1-2,4-5,9-10,12H2,(H,18,19,20)/t13-,14+/m1/s1. The number of nitrogens with zero attached hydrogens (tertiary/aromatic N) is 3. The molecule has 2 aromatic rings. The molecule has 4 rings (SSSR count). The largest absolute Gasteiger partial charge is 0.467 e. The van der Waals surface area contributed by atoms with Crippen molar-refractivity contribution in [1.82, 2.24) is 9.97 Å². The molecule has 2 aliphatic rings. The van der Waals surface area contributed by atoms with Gasteiger partial charge >= 0.3 is 0 Å². The van der Waals surface area contributed by atoms with E-state index in [1.54, 1.807) is 6.26 Å². The molecule has 0 saturated carbocycles. The summed E-state index contributed by atoms with van der Waals surface area (Å²) in [5, 5.41) is 3.47. The molecule has 23 heavy (non-hydrogen) atoms. The van der Waals surface area contributed by atoms with E-state index in [1.807, 2.05) is 24.4 Å². The second-order valence-electron chi connectivity index (χ2n) is 6.17. The Balaban J connectivity index is 1.51. The van der Waals surface area contributed by atoms with Gasteiger partial charge in [-0.3, -0.25) is 0 Å². The summed E-state index contributed by atoms with van der Waals surface area (Å²) in [7, 11) is 0. The summed E-state index contributed by atoms with van der Waals surface area (Å²) in [6.45, 7) is 2.57. The quantitative estimate of drug-likeness (QED) is 0.936. The molecule has 0 unspecified atom stereocenters. The van der Waals surface area contributed by atoms with Gasteiger partial charge in [0.1, 0.15) is 11.6 Å². The van der Waals surface area contributed by atoms with Crippen molar-refractivity contribution in [3.8, 4) is 0 Å². The summed E-state index contributed by atoms with van der Waals surface area (Å²) in [6.07, 6.45) is 7.98. The first kappa shape index (κ1) is 14.5. The Kier molecular flexibility index (Phi) is 4.15. The zero-order valence-electron chi connectivity index (χ0n) is 13.1. The number of rotatable bonds is 4. The lowest BCUT2D eigenvalue weighted by Crippen LogP contribution is -2.31. The second kappa shape index (κ2) is 6.58. The lowest BCUT2D eigenvalue weighted by Gasteiger charge is -2.25. The minimum atomic E-state index is 0.235. The van der Waals surface area contributed by atoms with E-state index < -0.39 is 0 Å². The molecular formula is C17H22N4O2. The highest BCUT2D eigenvalue weighted by Crippen LogP contribution is 2.34. The van der Waals surface area contributed by atoms with E-state index in [4.69, 9.17) is 14.1 Å². The Morgan fingerprint density at radius 2 is 2.22 bits per heavy atom. The molecule has 0 radical (unpaired) electrons. The summed E-state index contributed by atoms with van der Waals surface area (Å²) in [5.74, 6) is 2.63. The van der Waals surface area contributed by atoms with Crippen molar-refractivity contribution in [2.75, 3.05) is 30.0 Å². The number of anilines is 2. The van der Waals surface area contributed by atoms with Gasteiger partial charge in [-0.15, -0.1) is 0 Å². The minimum absolute atomic E-state index is 0.235. The lowest BCUT2D eigenvalue weighted by atomic mass is 10.1. The predicted octanol–water partition coefficient (Wildman–Crippen LogP) is 3.00. The molecule has 0 bridgehead atoms. The molecule has 0 spiro atoms. The van der Waals surface area contributed by atoms with Crippen LogP contribution in [0.15, 0.2) is 35.1 Å². The Morgan fingerprint density at radius 1 is 1.22 bits per heavy atom. The van der Waals surface area contributed by atoms with Gasteiger partial charge in [-0.2, -0.15) is 4.98 Å². The van der Waals surface area contributed by atoms with Gasteiger partial charge in [-0.25, -0.2) is 4.98 Å². The maximum atomic E-state index is 5.59. The van der Waals surface area contributed by atoms with Gasteiger partial charge in [0.25, 0.3) is 0 Å². The van der Waals surface area contributed by atoms with E-state index >= 15 is 0 Å². The minimum Gasteiger partial charge on any atom is -0.467 e. The maximum Gasteiger partial charge on any atom is 0.227 e. The van der Waals surface area contributed by atoms with E-state index in [2.05, 4.69) is 15.2 Å².